The van der Waals surface area contributed by atoms with Gasteiger partial charge in [0.2, 0.25) is 0 Å². The molecule has 1 aliphatic rings. The van der Waals surface area contributed by atoms with E-state index in [1.54, 1.807) is 19.1 Å². The molecule has 1 atom stereocenters. The predicted octanol–water partition coefficient (Wildman–Crippen LogP) is 3.95. The number of benzene rings is 3. The Morgan fingerprint density at radius 2 is 1.73 bits per heavy atom. The summed E-state index contributed by atoms with van der Waals surface area (Å²) in [4.78, 5) is 26.8. The van der Waals surface area contributed by atoms with Crippen molar-refractivity contribution in [1.29, 1.82) is 0 Å². The van der Waals surface area contributed by atoms with Crippen LogP contribution in [0, 0.1) is 5.82 Å². The van der Waals surface area contributed by atoms with Crippen molar-refractivity contribution in [1.82, 2.24) is 10.2 Å². The Morgan fingerprint density at radius 3 is 2.54 bits per heavy atom. The molecule has 3 aromatic rings. The summed E-state index contributed by atoms with van der Waals surface area (Å²) in [6, 6.07) is 18.9. The van der Waals surface area contributed by atoms with Gasteiger partial charge in [-0.1, -0.05) is 54.6 Å². The first-order valence-electron chi connectivity index (χ1n) is 8.36. The lowest BCUT2D eigenvalue weighted by molar-refractivity contribution is -0.131. The third kappa shape index (κ3) is 2.52. The molecule has 4 nitrogen and oxygen atoms in total. The summed E-state index contributed by atoms with van der Waals surface area (Å²) in [5.74, 6) is -0.741. The highest BCUT2D eigenvalue weighted by Crippen LogP contribution is 2.34. The van der Waals surface area contributed by atoms with E-state index in [4.69, 9.17) is 0 Å². The van der Waals surface area contributed by atoms with Gasteiger partial charge >= 0.3 is 6.03 Å². The van der Waals surface area contributed by atoms with Crippen LogP contribution < -0.4 is 5.32 Å². The maximum absolute atomic E-state index is 13.4. The first kappa shape index (κ1) is 16.3. The van der Waals surface area contributed by atoms with Crippen LogP contribution in [0.1, 0.15) is 18.1 Å². The lowest BCUT2D eigenvalue weighted by Crippen LogP contribution is -2.41. The summed E-state index contributed by atoms with van der Waals surface area (Å²) in [6.07, 6.45) is 0. The van der Waals surface area contributed by atoms with Gasteiger partial charge in [-0.15, -0.1) is 0 Å². The van der Waals surface area contributed by atoms with E-state index in [0.29, 0.717) is 5.56 Å². The zero-order valence-electron chi connectivity index (χ0n) is 14.2. The quantitative estimate of drug-likeness (QED) is 0.729. The Hall–Kier alpha value is -3.21. The maximum atomic E-state index is 13.4. The summed E-state index contributed by atoms with van der Waals surface area (Å²) in [5.41, 5.74) is 0.150. The third-order valence-corrected chi connectivity index (χ3v) is 4.83. The number of nitrogens with one attached hydrogen (secondary N) is 1. The monoisotopic (exact) mass is 348 g/mol. The molecule has 5 heteroatoms. The molecule has 0 aromatic heterocycles. The largest absolute Gasteiger partial charge is 0.325 e. The highest BCUT2D eigenvalue weighted by atomic mass is 19.1. The van der Waals surface area contributed by atoms with Crippen molar-refractivity contribution in [3.05, 3.63) is 83.7 Å². The minimum absolute atomic E-state index is 0.0305. The van der Waals surface area contributed by atoms with Crippen molar-refractivity contribution in [2.75, 3.05) is 0 Å². The van der Waals surface area contributed by atoms with Crippen molar-refractivity contribution >= 4 is 22.7 Å². The number of halogens is 1. The highest BCUT2D eigenvalue weighted by molar-refractivity contribution is 6.09. The number of rotatable bonds is 3. The second kappa shape index (κ2) is 5.95. The molecular formula is C21H17FN2O2. The second-order valence-electron chi connectivity index (χ2n) is 6.60. The van der Waals surface area contributed by atoms with Gasteiger partial charge in [-0.3, -0.25) is 9.69 Å². The molecule has 1 N–H and O–H groups in total. The Balaban J connectivity index is 1.73. The molecule has 130 valence electrons. The molecule has 26 heavy (non-hydrogen) atoms. The van der Waals surface area contributed by atoms with E-state index >= 15 is 0 Å². The average Bonchev–Trinajstić information content (AvgIpc) is 2.85. The van der Waals surface area contributed by atoms with E-state index in [0.717, 1.165) is 21.2 Å². The zero-order chi connectivity index (χ0) is 18.3. The zero-order valence-corrected chi connectivity index (χ0v) is 14.2. The van der Waals surface area contributed by atoms with Gasteiger partial charge < -0.3 is 5.32 Å². The van der Waals surface area contributed by atoms with Crippen LogP contribution in [0.4, 0.5) is 9.18 Å². The van der Waals surface area contributed by atoms with Crippen LogP contribution in [0.25, 0.3) is 10.8 Å². The normalized spacial score (nSPS) is 19.8. The molecule has 0 spiro atoms. The van der Waals surface area contributed by atoms with Crippen molar-refractivity contribution < 1.29 is 14.0 Å². The molecule has 1 saturated heterocycles. The molecule has 0 radical (unpaired) electrons. The van der Waals surface area contributed by atoms with Gasteiger partial charge in [0.15, 0.2) is 0 Å². The van der Waals surface area contributed by atoms with Crippen LogP contribution in [-0.4, -0.2) is 16.8 Å². The van der Waals surface area contributed by atoms with Gasteiger partial charge in [-0.25, -0.2) is 9.18 Å². The number of carbonyl (C=O) groups is 2. The summed E-state index contributed by atoms with van der Waals surface area (Å²) in [6.45, 7) is 1.74. The molecule has 0 aliphatic carbocycles. The molecule has 0 bridgehead atoms. The Labute approximate surface area is 150 Å². The SMILES string of the molecule is CC1(c2cccc3ccccc23)NC(=O)N(Cc2cccc(F)c2)C1=O. The molecule has 1 heterocycles. The molecule has 1 aliphatic heterocycles. The standard InChI is InChI=1S/C21H17FN2O2/c1-21(18-11-5-8-15-7-2-3-10-17(15)18)19(25)24(20(26)23-21)13-14-6-4-9-16(22)12-14/h2-12H,13H2,1H3,(H,23,26). The van der Waals surface area contributed by atoms with Crippen LogP contribution in [0.15, 0.2) is 66.7 Å². The number of carbonyl (C=O) groups excluding carboxylic acids is 2. The van der Waals surface area contributed by atoms with Crippen molar-refractivity contribution in [3.63, 3.8) is 0 Å². The van der Waals surface area contributed by atoms with E-state index in [-0.39, 0.29) is 12.5 Å². The van der Waals surface area contributed by atoms with Crippen molar-refractivity contribution in [3.8, 4) is 0 Å². The Kier molecular flexibility index (Phi) is 3.72. The fourth-order valence-electron chi connectivity index (χ4n) is 3.50. The summed E-state index contributed by atoms with van der Waals surface area (Å²) >= 11 is 0. The van der Waals surface area contributed by atoms with Crippen LogP contribution in [-0.2, 0) is 16.9 Å². The molecule has 0 saturated carbocycles. The van der Waals surface area contributed by atoms with Gasteiger partial charge in [-0.2, -0.15) is 0 Å². The van der Waals surface area contributed by atoms with Gasteiger partial charge in [-0.05, 0) is 41.0 Å². The van der Waals surface area contributed by atoms with Crippen LogP contribution >= 0.6 is 0 Å². The van der Waals surface area contributed by atoms with Gasteiger partial charge in [0, 0.05) is 0 Å². The van der Waals surface area contributed by atoms with Gasteiger partial charge in [0.1, 0.15) is 11.4 Å². The minimum atomic E-state index is -1.16. The highest BCUT2D eigenvalue weighted by Gasteiger charge is 2.49. The molecule has 4 rings (SSSR count). The second-order valence-corrected chi connectivity index (χ2v) is 6.60. The lowest BCUT2D eigenvalue weighted by Gasteiger charge is -2.24. The maximum Gasteiger partial charge on any atom is 0.325 e. The number of fused-ring (bicyclic) bond motifs is 1. The number of hydrogen-bond acceptors (Lipinski definition) is 2. The van der Waals surface area contributed by atoms with E-state index in [1.165, 1.54) is 12.1 Å². The number of hydrogen-bond donors (Lipinski definition) is 1. The molecular weight excluding hydrogens is 331 g/mol. The van der Waals surface area contributed by atoms with E-state index in [9.17, 15) is 14.0 Å². The number of amides is 3. The van der Waals surface area contributed by atoms with Gasteiger partial charge in [0.05, 0.1) is 6.54 Å². The molecule has 1 fully saturated rings. The fraction of sp³-hybridized carbons (Fsp3) is 0.143. The first-order valence-corrected chi connectivity index (χ1v) is 8.36. The van der Waals surface area contributed by atoms with Crippen LogP contribution in [0.3, 0.4) is 0 Å². The summed E-state index contributed by atoms with van der Waals surface area (Å²) in [5, 5.41) is 4.73. The topological polar surface area (TPSA) is 49.4 Å². The van der Waals surface area contributed by atoms with Crippen LogP contribution in [0.5, 0.6) is 0 Å². The van der Waals surface area contributed by atoms with Gasteiger partial charge in [0.25, 0.3) is 5.91 Å². The Bertz CT molecular complexity index is 1030. The third-order valence-electron chi connectivity index (χ3n) is 4.83. The minimum Gasteiger partial charge on any atom is -0.319 e. The van der Waals surface area contributed by atoms with Crippen molar-refractivity contribution in [2.45, 2.75) is 19.0 Å². The average molecular weight is 348 g/mol. The summed E-state index contributed by atoms with van der Waals surface area (Å²) < 4.78 is 13.4. The van der Waals surface area contributed by atoms with E-state index in [2.05, 4.69) is 5.32 Å². The van der Waals surface area contributed by atoms with Crippen molar-refractivity contribution in [2.24, 2.45) is 0 Å². The van der Waals surface area contributed by atoms with Crippen LogP contribution in [0.2, 0.25) is 0 Å². The first-order chi connectivity index (χ1) is 12.5. The summed E-state index contributed by atoms with van der Waals surface area (Å²) in [7, 11) is 0. The lowest BCUT2D eigenvalue weighted by atomic mass is 9.88. The molecule has 3 amide bonds. The smallest absolute Gasteiger partial charge is 0.319 e. The van der Waals surface area contributed by atoms with E-state index in [1.807, 2.05) is 42.5 Å². The molecule has 3 aromatic carbocycles. The molecule has 1 unspecified atom stereocenters. The Morgan fingerprint density at radius 1 is 1.00 bits per heavy atom. The number of imide groups is 1. The number of urea groups is 1. The number of nitrogens with zero attached hydrogens (tertiary/aromatic N) is 1. The van der Waals surface area contributed by atoms with E-state index < -0.39 is 17.4 Å². The fourth-order valence-corrected chi connectivity index (χ4v) is 3.50. The predicted molar refractivity (Wildman–Crippen MR) is 96.8 cm³/mol.